The Morgan fingerprint density at radius 3 is 2.92 bits per heavy atom. The number of ether oxygens (including phenoxy) is 1. The van der Waals surface area contributed by atoms with Crippen molar-refractivity contribution in [3.05, 3.63) is 0 Å². The number of carbonyl (C=O) groups excluding carboxylic acids is 1. The molecule has 0 unspecified atom stereocenters. The van der Waals surface area contributed by atoms with Crippen molar-refractivity contribution in [3.63, 3.8) is 0 Å². The fourth-order valence-electron chi connectivity index (χ4n) is 1.13. The highest BCUT2D eigenvalue weighted by Crippen LogP contribution is 2.13. The molecule has 1 saturated heterocycles. The molecule has 3 atom stereocenters. The van der Waals surface area contributed by atoms with Crippen LogP contribution in [-0.2, 0) is 4.74 Å². The highest BCUT2D eigenvalue weighted by atomic mass is 127. The van der Waals surface area contributed by atoms with Gasteiger partial charge in [0.1, 0.15) is 12.2 Å². The minimum absolute atomic E-state index is 0.417. The van der Waals surface area contributed by atoms with Gasteiger partial charge in [0.05, 0.1) is 6.10 Å². The van der Waals surface area contributed by atoms with E-state index in [1.54, 1.807) is 0 Å². The van der Waals surface area contributed by atoms with E-state index in [1.807, 2.05) is 22.6 Å². The molecular formula is C7H12INO4. The first-order valence-corrected chi connectivity index (χ1v) is 5.54. The second-order valence-corrected chi connectivity index (χ2v) is 3.75. The summed E-state index contributed by atoms with van der Waals surface area (Å²) in [5.41, 5.74) is 0. The van der Waals surface area contributed by atoms with E-state index in [2.05, 4.69) is 5.32 Å². The molecule has 1 heterocycles. The molecule has 1 amide bonds. The molecule has 0 aromatic heterocycles. The van der Waals surface area contributed by atoms with E-state index in [-0.39, 0.29) is 0 Å². The van der Waals surface area contributed by atoms with Crippen molar-refractivity contribution in [2.45, 2.75) is 24.7 Å². The largest absolute Gasteiger partial charge is 0.443 e. The van der Waals surface area contributed by atoms with Crippen molar-refractivity contribution >= 4 is 28.7 Å². The summed E-state index contributed by atoms with van der Waals surface area (Å²) in [5, 5.41) is 21.3. The van der Waals surface area contributed by atoms with Crippen LogP contribution in [0, 0.1) is 0 Å². The number of hydrogen-bond acceptors (Lipinski definition) is 4. The maximum Gasteiger partial charge on any atom is 0.407 e. The van der Waals surface area contributed by atoms with Crippen LogP contribution in [0.5, 0.6) is 0 Å². The summed E-state index contributed by atoms with van der Waals surface area (Å²) >= 11 is 1.96. The zero-order valence-electron chi connectivity index (χ0n) is 6.94. The maximum atomic E-state index is 10.8. The number of alkyl carbamates (subject to hydrolysis) is 1. The van der Waals surface area contributed by atoms with Crippen molar-refractivity contribution in [1.82, 2.24) is 5.32 Å². The van der Waals surface area contributed by atoms with Crippen LogP contribution in [0.1, 0.15) is 6.42 Å². The summed E-state index contributed by atoms with van der Waals surface area (Å²) in [6.07, 6.45) is -2.41. The third-order valence-corrected chi connectivity index (χ3v) is 2.79. The molecule has 1 rings (SSSR count). The third kappa shape index (κ3) is 2.96. The van der Waals surface area contributed by atoms with E-state index < -0.39 is 24.4 Å². The first kappa shape index (κ1) is 11.0. The summed E-state index contributed by atoms with van der Waals surface area (Å²) in [7, 11) is 0. The Bertz CT molecular complexity index is 189. The lowest BCUT2D eigenvalue weighted by Gasteiger charge is -2.29. The van der Waals surface area contributed by atoms with Gasteiger partial charge in [-0.25, -0.2) is 4.79 Å². The molecule has 0 bridgehead atoms. The van der Waals surface area contributed by atoms with E-state index in [1.165, 1.54) is 0 Å². The van der Waals surface area contributed by atoms with Crippen LogP contribution in [-0.4, -0.2) is 45.6 Å². The number of carbonyl (C=O) groups is 1. The number of alkyl halides is 1. The average Bonchev–Trinajstić information content (AvgIpc) is 2.15. The van der Waals surface area contributed by atoms with E-state index >= 15 is 0 Å². The summed E-state index contributed by atoms with van der Waals surface area (Å²) in [6, 6.07) is 0. The van der Waals surface area contributed by atoms with E-state index in [9.17, 15) is 15.0 Å². The molecule has 1 aliphatic rings. The lowest BCUT2D eigenvalue weighted by molar-refractivity contribution is -0.0643. The first-order valence-electron chi connectivity index (χ1n) is 4.01. The first-order chi connectivity index (χ1) is 6.15. The van der Waals surface area contributed by atoms with Crippen molar-refractivity contribution in [2.24, 2.45) is 0 Å². The fourth-order valence-corrected chi connectivity index (χ4v) is 1.66. The Hall–Kier alpha value is -0.0800. The molecule has 3 N–H and O–H groups in total. The number of rotatable bonds is 3. The van der Waals surface area contributed by atoms with Crippen LogP contribution < -0.4 is 5.32 Å². The summed E-state index contributed by atoms with van der Waals surface area (Å²) in [5.74, 6) is 0. The molecule has 5 nitrogen and oxygen atoms in total. The van der Waals surface area contributed by atoms with Gasteiger partial charge in [-0.1, -0.05) is 22.6 Å². The second kappa shape index (κ2) is 4.97. The molecule has 1 aliphatic heterocycles. The molecule has 0 aromatic rings. The predicted molar refractivity (Wildman–Crippen MR) is 53.8 cm³/mol. The monoisotopic (exact) mass is 301 g/mol. The molecule has 0 aliphatic carbocycles. The van der Waals surface area contributed by atoms with Crippen molar-refractivity contribution in [2.75, 3.05) is 11.0 Å². The zero-order valence-corrected chi connectivity index (χ0v) is 9.10. The number of aliphatic hydroxyl groups excluding tert-OH is 2. The van der Waals surface area contributed by atoms with Gasteiger partial charge in [-0.2, -0.15) is 0 Å². The molecule has 6 heteroatoms. The van der Waals surface area contributed by atoms with Crippen LogP contribution in [0.4, 0.5) is 4.79 Å². The van der Waals surface area contributed by atoms with Gasteiger partial charge >= 0.3 is 6.09 Å². The molecule has 0 spiro atoms. The highest BCUT2D eigenvalue weighted by molar-refractivity contribution is 14.1. The van der Waals surface area contributed by atoms with Crippen molar-refractivity contribution < 1.29 is 19.7 Å². The molecule has 0 saturated carbocycles. The smallest absolute Gasteiger partial charge is 0.407 e. The predicted octanol–water partition coefficient (Wildman–Crippen LogP) is -0.358. The molecule has 76 valence electrons. The third-order valence-electron chi connectivity index (χ3n) is 1.89. The van der Waals surface area contributed by atoms with E-state index in [0.29, 0.717) is 17.4 Å². The molecule has 13 heavy (non-hydrogen) atoms. The number of hydrogen-bond donors (Lipinski definition) is 3. The Labute approximate surface area is 89.6 Å². The van der Waals surface area contributed by atoms with Gasteiger partial charge < -0.3 is 20.3 Å². The van der Waals surface area contributed by atoms with Gasteiger partial charge in [0.15, 0.2) is 0 Å². The quantitative estimate of drug-likeness (QED) is 0.491. The van der Waals surface area contributed by atoms with Crippen molar-refractivity contribution in [1.29, 1.82) is 0 Å². The van der Waals surface area contributed by atoms with E-state index in [0.717, 1.165) is 0 Å². The SMILES string of the molecule is O=C1NCC[C@H]([C@H](O)[C@@H](O)CI)O1. The summed E-state index contributed by atoms with van der Waals surface area (Å²) < 4.78 is 5.22. The molecule has 0 aromatic carbocycles. The Morgan fingerprint density at radius 2 is 2.38 bits per heavy atom. The summed E-state index contributed by atoms with van der Waals surface area (Å²) in [6.45, 7) is 0.481. The normalized spacial score (nSPS) is 27.3. The minimum Gasteiger partial charge on any atom is -0.443 e. The Morgan fingerprint density at radius 1 is 1.69 bits per heavy atom. The van der Waals surface area contributed by atoms with Gasteiger partial charge in [-0.3, -0.25) is 0 Å². The van der Waals surface area contributed by atoms with Crippen LogP contribution >= 0.6 is 22.6 Å². The van der Waals surface area contributed by atoms with Crippen LogP contribution in [0.3, 0.4) is 0 Å². The fraction of sp³-hybridized carbons (Fsp3) is 0.857. The maximum absolute atomic E-state index is 10.8. The van der Waals surface area contributed by atoms with Gasteiger partial charge in [0, 0.05) is 17.4 Å². The molecule has 0 radical (unpaired) electrons. The summed E-state index contributed by atoms with van der Waals surface area (Å²) in [4.78, 5) is 10.8. The number of halogens is 1. The Balaban J connectivity index is 2.45. The van der Waals surface area contributed by atoms with Crippen LogP contribution in [0.25, 0.3) is 0 Å². The van der Waals surface area contributed by atoms with Crippen LogP contribution in [0.2, 0.25) is 0 Å². The van der Waals surface area contributed by atoms with Gasteiger partial charge in [-0.05, 0) is 0 Å². The lowest BCUT2D eigenvalue weighted by atomic mass is 10.1. The Kier molecular flexibility index (Phi) is 4.20. The number of aliphatic hydroxyl groups is 2. The number of nitrogens with one attached hydrogen (secondary N) is 1. The van der Waals surface area contributed by atoms with Crippen molar-refractivity contribution in [3.8, 4) is 0 Å². The van der Waals surface area contributed by atoms with E-state index in [4.69, 9.17) is 4.74 Å². The average molecular weight is 301 g/mol. The van der Waals surface area contributed by atoms with Gasteiger partial charge in [-0.15, -0.1) is 0 Å². The molecule has 1 fully saturated rings. The van der Waals surface area contributed by atoms with Gasteiger partial charge in [0.25, 0.3) is 0 Å². The zero-order chi connectivity index (χ0) is 9.84. The number of amides is 1. The topological polar surface area (TPSA) is 78.8 Å². The standard InChI is InChI=1S/C7H12INO4/c8-3-4(10)6(11)5-1-2-9-7(12)13-5/h4-6,10-11H,1-3H2,(H,9,12)/t4-,5+,6+/m0/s1. The minimum atomic E-state index is -0.983. The lowest BCUT2D eigenvalue weighted by Crippen LogP contribution is -2.48. The second-order valence-electron chi connectivity index (χ2n) is 2.87. The number of cyclic esters (lactones) is 1. The molecular weight excluding hydrogens is 289 g/mol. The van der Waals surface area contributed by atoms with Crippen LogP contribution in [0.15, 0.2) is 0 Å². The van der Waals surface area contributed by atoms with Gasteiger partial charge in [0.2, 0.25) is 0 Å². The highest BCUT2D eigenvalue weighted by Gasteiger charge is 2.31.